The SMILES string of the molecule is O=C(Nc1ccc(C(=O)O)s1)c1cccc(Br)n1. The molecule has 0 radical (unpaired) electrons. The number of nitrogens with one attached hydrogen (secondary N) is 1. The lowest BCUT2D eigenvalue weighted by molar-refractivity contribution is 0.0702. The van der Waals surface area contributed by atoms with Crippen molar-refractivity contribution >= 4 is 44.1 Å². The Hall–Kier alpha value is -1.73. The summed E-state index contributed by atoms with van der Waals surface area (Å²) in [6.45, 7) is 0. The summed E-state index contributed by atoms with van der Waals surface area (Å²) in [5.74, 6) is -1.39. The number of pyridine rings is 1. The summed E-state index contributed by atoms with van der Waals surface area (Å²) in [6.07, 6.45) is 0. The lowest BCUT2D eigenvalue weighted by Gasteiger charge is -2.01. The number of aromatic nitrogens is 1. The van der Waals surface area contributed by atoms with Gasteiger partial charge < -0.3 is 10.4 Å². The van der Waals surface area contributed by atoms with Crippen LogP contribution in [0.15, 0.2) is 34.9 Å². The maximum atomic E-state index is 11.8. The number of carboxylic acids is 1. The van der Waals surface area contributed by atoms with Crippen LogP contribution in [-0.4, -0.2) is 22.0 Å². The zero-order valence-corrected chi connectivity index (χ0v) is 11.3. The minimum absolute atomic E-state index is 0.174. The summed E-state index contributed by atoms with van der Waals surface area (Å²) < 4.78 is 0.563. The highest BCUT2D eigenvalue weighted by molar-refractivity contribution is 9.10. The van der Waals surface area contributed by atoms with Crippen molar-refractivity contribution in [2.24, 2.45) is 0 Å². The third-order valence-corrected chi connectivity index (χ3v) is 3.43. The molecule has 0 aliphatic rings. The van der Waals surface area contributed by atoms with E-state index in [0.29, 0.717) is 9.60 Å². The molecule has 1 amide bonds. The van der Waals surface area contributed by atoms with Gasteiger partial charge in [-0.3, -0.25) is 4.79 Å². The molecule has 0 saturated carbocycles. The van der Waals surface area contributed by atoms with Crippen molar-refractivity contribution in [3.05, 3.63) is 45.5 Å². The molecular formula is C11H7BrN2O3S. The summed E-state index contributed by atoms with van der Waals surface area (Å²) in [4.78, 5) is 26.7. The Morgan fingerprint density at radius 2 is 2.06 bits per heavy atom. The fraction of sp³-hybridized carbons (Fsp3) is 0. The Bertz CT molecular complexity index is 612. The van der Waals surface area contributed by atoms with Gasteiger partial charge in [-0.15, -0.1) is 11.3 Å². The maximum absolute atomic E-state index is 11.8. The number of carboxylic acid groups (broad SMARTS) is 1. The standard InChI is InChI=1S/C11H7BrN2O3S/c12-8-3-1-2-6(13-8)10(15)14-9-5-4-7(18-9)11(16)17/h1-5H,(H,14,15)(H,16,17). The van der Waals surface area contributed by atoms with Crippen molar-refractivity contribution < 1.29 is 14.7 Å². The highest BCUT2D eigenvalue weighted by Crippen LogP contribution is 2.22. The zero-order chi connectivity index (χ0) is 13.1. The van der Waals surface area contributed by atoms with Crippen molar-refractivity contribution in [2.45, 2.75) is 0 Å². The number of hydrogen-bond donors (Lipinski definition) is 2. The monoisotopic (exact) mass is 326 g/mol. The molecule has 0 aliphatic heterocycles. The first-order valence-electron chi connectivity index (χ1n) is 4.83. The number of anilines is 1. The van der Waals surface area contributed by atoms with Gasteiger partial charge >= 0.3 is 5.97 Å². The van der Waals surface area contributed by atoms with Crippen molar-refractivity contribution in [1.82, 2.24) is 4.98 Å². The van der Waals surface area contributed by atoms with Crippen LogP contribution in [0.25, 0.3) is 0 Å². The van der Waals surface area contributed by atoms with Crippen LogP contribution in [0.1, 0.15) is 20.2 Å². The van der Waals surface area contributed by atoms with E-state index in [9.17, 15) is 9.59 Å². The number of rotatable bonds is 3. The fourth-order valence-electron chi connectivity index (χ4n) is 1.23. The van der Waals surface area contributed by atoms with Gasteiger partial charge in [-0.05, 0) is 40.2 Å². The van der Waals surface area contributed by atoms with E-state index in [1.807, 2.05) is 0 Å². The first-order valence-corrected chi connectivity index (χ1v) is 6.44. The van der Waals surface area contributed by atoms with Gasteiger partial charge in [-0.1, -0.05) is 6.07 Å². The van der Waals surface area contributed by atoms with Gasteiger partial charge in [0.15, 0.2) is 0 Å². The summed E-state index contributed by atoms with van der Waals surface area (Å²) in [5.41, 5.74) is 0.259. The predicted octanol–water partition coefficient (Wildman–Crippen LogP) is 2.86. The largest absolute Gasteiger partial charge is 0.477 e. The van der Waals surface area contributed by atoms with E-state index in [-0.39, 0.29) is 16.5 Å². The molecule has 0 saturated heterocycles. The van der Waals surface area contributed by atoms with Crippen LogP contribution < -0.4 is 5.32 Å². The molecule has 92 valence electrons. The third kappa shape index (κ3) is 2.93. The fourth-order valence-corrected chi connectivity index (χ4v) is 2.31. The average Bonchev–Trinajstić information content (AvgIpc) is 2.77. The number of amides is 1. The molecule has 0 aromatic carbocycles. The molecule has 2 N–H and O–H groups in total. The van der Waals surface area contributed by atoms with Gasteiger partial charge in [-0.2, -0.15) is 0 Å². The van der Waals surface area contributed by atoms with Crippen molar-refractivity contribution in [1.29, 1.82) is 0 Å². The second kappa shape index (κ2) is 5.28. The third-order valence-electron chi connectivity index (χ3n) is 2.00. The number of nitrogens with zero attached hydrogens (tertiary/aromatic N) is 1. The Kier molecular flexibility index (Phi) is 3.73. The van der Waals surface area contributed by atoms with Crippen molar-refractivity contribution in [3.8, 4) is 0 Å². The van der Waals surface area contributed by atoms with Crippen LogP contribution >= 0.6 is 27.3 Å². The Balaban J connectivity index is 2.13. The maximum Gasteiger partial charge on any atom is 0.345 e. The molecule has 0 spiro atoms. The zero-order valence-electron chi connectivity index (χ0n) is 8.88. The second-order valence-corrected chi connectivity index (χ2v) is 5.16. The molecular weight excluding hydrogens is 320 g/mol. The van der Waals surface area contributed by atoms with Gasteiger partial charge in [-0.25, -0.2) is 9.78 Å². The number of carbonyl (C=O) groups is 2. The molecule has 0 aliphatic carbocycles. The average molecular weight is 327 g/mol. The minimum Gasteiger partial charge on any atom is -0.477 e. The molecule has 2 aromatic heterocycles. The normalized spacial score (nSPS) is 10.1. The van der Waals surface area contributed by atoms with E-state index >= 15 is 0 Å². The number of hydrogen-bond acceptors (Lipinski definition) is 4. The van der Waals surface area contributed by atoms with Crippen LogP contribution in [-0.2, 0) is 0 Å². The van der Waals surface area contributed by atoms with Crippen LogP contribution in [0, 0.1) is 0 Å². The van der Waals surface area contributed by atoms with E-state index in [1.165, 1.54) is 6.07 Å². The van der Waals surface area contributed by atoms with Gasteiger partial charge in [0.1, 0.15) is 15.2 Å². The first kappa shape index (κ1) is 12.7. The lowest BCUT2D eigenvalue weighted by atomic mass is 10.3. The molecule has 2 aromatic rings. The number of aromatic carboxylic acids is 1. The lowest BCUT2D eigenvalue weighted by Crippen LogP contribution is -2.12. The van der Waals surface area contributed by atoms with Crippen LogP contribution in [0.5, 0.6) is 0 Å². The molecule has 18 heavy (non-hydrogen) atoms. The van der Waals surface area contributed by atoms with Crippen LogP contribution in [0.4, 0.5) is 5.00 Å². The smallest absolute Gasteiger partial charge is 0.345 e. The Morgan fingerprint density at radius 1 is 1.28 bits per heavy atom. The summed E-state index contributed by atoms with van der Waals surface area (Å²) in [6, 6.07) is 7.97. The summed E-state index contributed by atoms with van der Waals surface area (Å²) >= 11 is 4.17. The van der Waals surface area contributed by atoms with E-state index in [0.717, 1.165) is 11.3 Å². The number of carbonyl (C=O) groups excluding carboxylic acids is 1. The first-order chi connectivity index (χ1) is 8.56. The molecule has 2 rings (SSSR count). The predicted molar refractivity (Wildman–Crippen MR) is 71.2 cm³/mol. The molecule has 5 nitrogen and oxygen atoms in total. The van der Waals surface area contributed by atoms with Crippen LogP contribution in [0.3, 0.4) is 0 Å². The quantitative estimate of drug-likeness (QED) is 0.850. The number of thiophene rings is 1. The molecule has 0 bridgehead atoms. The van der Waals surface area contributed by atoms with Gasteiger partial charge in [0, 0.05) is 0 Å². The van der Waals surface area contributed by atoms with E-state index < -0.39 is 5.97 Å². The van der Waals surface area contributed by atoms with Gasteiger partial charge in [0.2, 0.25) is 0 Å². The molecule has 0 unspecified atom stereocenters. The minimum atomic E-state index is -1.01. The van der Waals surface area contributed by atoms with Crippen molar-refractivity contribution in [3.63, 3.8) is 0 Å². The molecule has 7 heteroatoms. The molecule has 2 heterocycles. The highest BCUT2D eigenvalue weighted by atomic mass is 79.9. The highest BCUT2D eigenvalue weighted by Gasteiger charge is 2.11. The second-order valence-electron chi connectivity index (χ2n) is 3.27. The van der Waals surface area contributed by atoms with E-state index in [2.05, 4.69) is 26.2 Å². The molecule has 0 fully saturated rings. The van der Waals surface area contributed by atoms with Crippen LogP contribution in [0.2, 0.25) is 0 Å². The number of halogens is 1. The van der Waals surface area contributed by atoms with E-state index in [1.54, 1.807) is 24.3 Å². The Morgan fingerprint density at radius 3 is 2.67 bits per heavy atom. The topological polar surface area (TPSA) is 79.3 Å². The van der Waals surface area contributed by atoms with E-state index in [4.69, 9.17) is 5.11 Å². The Labute approximate surface area is 115 Å². The molecule has 0 atom stereocenters. The van der Waals surface area contributed by atoms with Gasteiger partial charge in [0.25, 0.3) is 5.91 Å². The van der Waals surface area contributed by atoms with Gasteiger partial charge in [0.05, 0.1) is 5.00 Å². The summed E-state index contributed by atoms with van der Waals surface area (Å²) in [5, 5.41) is 11.8. The van der Waals surface area contributed by atoms with Crippen molar-refractivity contribution in [2.75, 3.05) is 5.32 Å². The summed E-state index contributed by atoms with van der Waals surface area (Å²) in [7, 11) is 0.